The Kier molecular flexibility index (Phi) is 2.72. The number of nitrogens with zero attached hydrogens (tertiary/aromatic N) is 4. The number of rotatable bonds is 2. The minimum atomic E-state index is 0.428. The van der Waals surface area contributed by atoms with E-state index in [1.165, 1.54) is 0 Å². The zero-order valence-corrected chi connectivity index (χ0v) is 10.6. The van der Waals surface area contributed by atoms with Gasteiger partial charge in [0.2, 0.25) is 0 Å². The molecule has 3 aromatic rings. The van der Waals surface area contributed by atoms with E-state index < -0.39 is 0 Å². The minimum Gasteiger partial charge on any atom is -0.272 e. The van der Waals surface area contributed by atoms with Gasteiger partial charge in [-0.1, -0.05) is 35.9 Å². The lowest BCUT2D eigenvalue weighted by Crippen LogP contribution is -1.93. The Labute approximate surface area is 109 Å². The molecule has 3 rings (SSSR count). The highest BCUT2D eigenvalue weighted by Gasteiger charge is 2.10. The Morgan fingerprint density at radius 2 is 1.94 bits per heavy atom. The average Bonchev–Trinajstić information content (AvgIpc) is 2.88. The molecule has 0 bridgehead atoms. The van der Waals surface area contributed by atoms with Crippen LogP contribution in [-0.2, 0) is 6.54 Å². The first-order chi connectivity index (χ1) is 8.79. The molecule has 0 unspecified atom stereocenters. The number of aryl methyl sites for hydroxylation is 1. The third kappa shape index (κ3) is 1.75. The van der Waals surface area contributed by atoms with Crippen molar-refractivity contribution in [3.63, 3.8) is 0 Å². The van der Waals surface area contributed by atoms with Crippen LogP contribution in [0.4, 0.5) is 0 Å². The van der Waals surface area contributed by atoms with Gasteiger partial charge in [-0.05, 0) is 6.92 Å². The molecule has 4 nitrogen and oxygen atoms in total. The summed E-state index contributed by atoms with van der Waals surface area (Å²) in [6, 6.07) is 7.85. The molecule has 0 amide bonds. The molecule has 0 aliphatic carbocycles. The van der Waals surface area contributed by atoms with E-state index in [-0.39, 0.29) is 0 Å². The van der Waals surface area contributed by atoms with Crippen molar-refractivity contribution in [2.45, 2.75) is 13.5 Å². The molecule has 0 atom stereocenters. The predicted octanol–water partition coefficient (Wildman–Crippen LogP) is 3.17. The van der Waals surface area contributed by atoms with Crippen molar-refractivity contribution in [2.24, 2.45) is 0 Å². The van der Waals surface area contributed by atoms with Crippen LogP contribution >= 0.6 is 11.6 Å². The molecule has 18 heavy (non-hydrogen) atoms. The van der Waals surface area contributed by atoms with Crippen LogP contribution in [0.1, 0.15) is 6.92 Å². The van der Waals surface area contributed by atoms with Crippen molar-refractivity contribution in [1.82, 2.24) is 20.0 Å². The first kappa shape index (κ1) is 11.2. The zero-order chi connectivity index (χ0) is 12.5. The molecule has 0 aliphatic heterocycles. The second kappa shape index (κ2) is 4.38. The smallest absolute Gasteiger partial charge is 0.159 e. The number of hydrogen-bond donors (Lipinski definition) is 0. The lowest BCUT2D eigenvalue weighted by molar-refractivity contribution is 0.660. The fourth-order valence-electron chi connectivity index (χ4n) is 1.94. The van der Waals surface area contributed by atoms with E-state index in [9.17, 15) is 0 Å². The van der Waals surface area contributed by atoms with Crippen LogP contribution in [0.2, 0.25) is 5.15 Å². The largest absolute Gasteiger partial charge is 0.272 e. The number of halogens is 1. The normalized spacial score (nSPS) is 11.0. The summed E-state index contributed by atoms with van der Waals surface area (Å²) in [4.78, 5) is 0. The topological polar surface area (TPSA) is 43.6 Å². The SMILES string of the molecule is CCn1cc(-c2nnc(Cl)c3ccccc23)cn1. The standard InChI is InChI=1S/C13H11ClN4/c1-2-18-8-9(7-15-18)12-10-5-3-4-6-11(10)13(14)17-16-12/h3-8H,2H2,1H3. The van der Waals surface area contributed by atoms with Crippen molar-refractivity contribution in [3.8, 4) is 11.3 Å². The van der Waals surface area contributed by atoms with Crippen LogP contribution in [0.25, 0.3) is 22.0 Å². The van der Waals surface area contributed by atoms with Crippen LogP contribution in [-0.4, -0.2) is 20.0 Å². The summed E-state index contributed by atoms with van der Waals surface area (Å²) in [6.07, 6.45) is 3.76. The fourth-order valence-corrected chi connectivity index (χ4v) is 2.15. The highest BCUT2D eigenvalue weighted by molar-refractivity contribution is 6.34. The Morgan fingerprint density at radius 3 is 2.67 bits per heavy atom. The van der Waals surface area contributed by atoms with E-state index in [0.717, 1.165) is 28.6 Å². The highest BCUT2D eigenvalue weighted by Crippen LogP contribution is 2.28. The first-order valence-electron chi connectivity index (χ1n) is 5.73. The maximum atomic E-state index is 6.05. The molecule has 0 radical (unpaired) electrons. The number of hydrogen-bond acceptors (Lipinski definition) is 3. The number of aromatic nitrogens is 4. The molecule has 0 fully saturated rings. The third-order valence-electron chi connectivity index (χ3n) is 2.87. The van der Waals surface area contributed by atoms with E-state index in [1.54, 1.807) is 6.20 Å². The number of fused-ring (bicyclic) bond motifs is 1. The van der Waals surface area contributed by atoms with Gasteiger partial charge in [0, 0.05) is 29.1 Å². The first-order valence-corrected chi connectivity index (χ1v) is 6.11. The van der Waals surface area contributed by atoms with E-state index in [1.807, 2.05) is 42.1 Å². The van der Waals surface area contributed by atoms with Gasteiger partial charge in [-0.2, -0.15) is 5.10 Å². The van der Waals surface area contributed by atoms with E-state index in [2.05, 4.69) is 15.3 Å². The van der Waals surface area contributed by atoms with Crippen molar-refractivity contribution < 1.29 is 0 Å². The summed E-state index contributed by atoms with van der Waals surface area (Å²) >= 11 is 6.05. The quantitative estimate of drug-likeness (QED) is 0.709. The molecule has 0 saturated carbocycles. The van der Waals surface area contributed by atoms with Gasteiger partial charge in [0.1, 0.15) is 5.69 Å². The van der Waals surface area contributed by atoms with E-state index >= 15 is 0 Å². The van der Waals surface area contributed by atoms with Crippen molar-refractivity contribution in [1.29, 1.82) is 0 Å². The van der Waals surface area contributed by atoms with Gasteiger partial charge >= 0.3 is 0 Å². The molecule has 0 N–H and O–H groups in total. The van der Waals surface area contributed by atoms with Gasteiger partial charge in [-0.3, -0.25) is 4.68 Å². The van der Waals surface area contributed by atoms with Gasteiger partial charge in [-0.15, -0.1) is 10.2 Å². The van der Waals surface area contributed by atoms with Crippen LogP contribution in [0.5, 0.6) is 0 Å². The highest BCUT2D eigenvalue weighted by atomic mass is 35.5. The molecular formula is C13H11ClN4. The summed E-state index contributed by atoms with van der Waals surface area (Å²) in [7, 11) is 0. The summed E-state index contributed by atoms with van der Waals surface area (Å²) in [5.74, 6) is 0. The van der Waals surface area contributed by atoms with Crippen LogP contribution in [0, 0.1) is 0 Å². The summed E-state index contributed by atoms with van der Waals surface area (Å²) in [5, 5.41) is 14.8. The summed E-state index contributed by atoms with van der Waals surface area (Å²) < 4.78 is 1.86. The van der Waals surface area contributed by atoms with Gasteiger partial charge < -0.3 is 0 Å². The van der Waals surface area contributed by atoms with Crippen molar-refractivity contribution in [3.05, 3.63) is 41.8 Å². The van der Waals surface area contributed by atoms with Gasteiger partial charge in [0.25, 0.3) is 0 Å². The lowest BCUT2D eigenvalue weighted by atomic mass is 10.1. The van der Waals surface area contributed by atoms with Crippen LogP contribution < -0.4 is 0 Å². The molecule has 0 saturated heterocycles. The Bertz CT molecular complexity index is 705. The molecular weight excluding hydrogens is 248 g/mol. The Hall–Kier alpha value is -1.94. The molecule has 2 heterocycles. The van der Waals surface area contributed by atoms with Gasteiger partial charge in [0.15, 0.2) is 5.15 Å². The lowest BCUT2D eigenvalue weighted by Gasteiger charge is -2.03. The molecule has 90 valence electrons. The monoisotopic (exact) mass is 258 g/mol. The second-order valence-corrected chi connectivity index (χ2v) is 4.33. The second-order valence-electron chi connectivity index (χ2n) is 3.97. The minimum absolute atomic E-state index is 0.428. The molecule has 1 aromatic carbocycles. The van der Waals surface area contributed by atoms with Gasteiger partial charge in [0.05, 0.1) is 6.20 Å². The van der Waals surface area contributed by atoms with E-state index in [0.29, 0.717) is 5.15 Å². The maximum absolute atomic E-state index is 6.05. The Balaban J connectivity index is 2.26. The van der Waals surface area contributed by atoms with E-state index in [4.69, 9.17) is 11.6 Å². The molecule has 5 heteroatoms. The molecule has 2 aromatic heterocycles. The number of benzene rings is 1. The Morgan fingerprint density at radius 1 is 1.17 bits per heavy atom. The zero-order valence-electron chi connectivity index (χ0n) is 9.84. The molecule has 0 spiro atoms. The van der Waals surface area contributed by atoms with Crippen molar-refractivity contribution in [2.75, 3.05) is 0 Å². The summed E-state index contributed by atoms with van der Waals surface area (Å²) in [6.45, 7) is 2.88. The maximum Gasteiger partial charge on any atom is 0.159 e. The van der Waals surface area contributed by atoms with Crippen LogP contribution in [0.3, 0.4) is 0 Å². The van der Waals surface area contributed by atoms with Crippen molar-refractivity contribution >= 4 is 22.4 Å². The molecule has 0 aliphatic rings. The summed E-state index contributed by atoms with van der Waals surface area (Å²) in [5.41, 5.74) is 1.77. The third-order valence-corrected chi connectivity index (χ3v) is 3.15. The fraction of sp³-hybridized carbons (Fsp3) is 0.154. The predicted molar refractivity (Wildman–Crippen MR) is 71.4 cm³/mol. The van der Waals surface area contributed by atoms with Crippen LogP contribution in [0.15, 0.2) is 36.7 Å². The average molecular weight is 259 g/mol. The van der Waals surface area contributed by atoms with Gasteiger partial charge in [-0.25, -0.2) is 0 Å².